The van der Waals surface area contributed by atoms with Crippen LogP contribution in [0.15, 0.2) is 39.3 Å². The molecule has 0 aliphatic heterocycles. The standard InChI is InChI=1S/C19H28N4O2S.HI/c1-4-20-19(23(3)12-8-16-7-5-14-26-16)22-11-6-10-21-18(24)17-15(2)9-13-25-17;/h5,7,9,13-14H,4,6,8,10-12H2,1-3H3,(H,20,22)(H,21,24);1H. The molecule has 0 fully saturated rings. The molecule has 150 valence electrons. The van der Waals surface area contributed by atoms with Crippen molar-refractivity contribution in [3.05, 3.63) is 46.0 Å². The van der Waals surface area contributed by atoms with Crippen LogP contribution in [0.2, 0.25) is 0 Å². The number of aliphatic imine (C=N–C) groups is 1. The van der Waals surface area contributed by atoms with Crippen LogP contribution in [0.3, 0.4) is 0 Å². The largest absolute Gasteiger partial charge is 0.459 e. The molecule has 0 spiro atoms. The number of carbonyl (C=O) groups excluding carboxylic acids is 1. The first-order valence-corrected chi connectivity index (χ1v) is 9.84. The summed E-state index contributed by atoms with van der Waals surface area (Å²) in [6.07, 6.45) is 3.32. The smallest absolute Gasteiger partial charge is 0.287 e. The van der Waals surface area contributed by atoms with Crippen molar-refractivity contribution < 1.29 is 9.21 Å². The molecule has 2 aromatic rings. The predicted molar refractivity (Wildman–Crippen MR) is 122 cm³/mol. The molecule has 0 aromatic carbocycles. The minimum Gasteiger partial charge on any atom is -0.459 e. The van der Waals surface area contributed by atoms with E-state index in [-0.39, 0.29) is 29.9 Å². The second-order valence-corrected chi connectivity index (χ2v) is 7.06. The number of furan rings is 1. The fourth-order valence-electron chi connectivity index (χ4n) is 2.46. The molecule has 0 unspecified atom stereocenters. The summed E-state index contributed by atoms with van der Waals surface area (Å²) in [4.78, 5) is 20.1. The normalized spacial score (nSPS) is 11.0. The Labute approximate surface area is 182 Å². The summed E-state index contributed by atoms with van der Waals surface area (Å²) in [5.41, 5.74) is 0.849. The molecule has 0 saturated carbocycles. The van der Waals surface area contributed by atoms with Gasteiger partial charge in [0, 0.05) is 43.7 Å². The number of guanidine groups is 1. The highest BCUT2D eigenvalue weighted by Gasteiger charge is 2.11. The molecule has 0 radical (unpaired) electrons. The topological polar surface area (TPSA) is 69.9 Å². The number of nitrogens with zero attached hydrogens (tertiary/aromatic N) is 2. The van der Waals surface area contributed by atoms with E-state index in [9.17, 15) is 4.79 Å². The van der Waals surface area contributed by atoms with Crippen LogP contribution in [-0.2, 0) is 6.42 Å². The molecular formula is C19H29IN4O2S. The summed E-state index contributed by atoms with van der Waals surface area (Å²) < 4.78 is 5.19. The first-order valence-electron chi connectivity index (χ1n) is 8.96. The van der Waals surface area contributed by atoms with Crippen LogP contribution < -0.4 is 10.6 Å². The Morgan fingerprint density at radius 2 is 2.15 bits per heavy atom. The lowest BCUT2D eigenvalue weighted by molar-refractivity contribution is 0.0925. The summed E-state index contributed by atoms with van der Waals surface area (Å²) >= 11 is 1.78. The quantitative estimate of drug-likeness (QED) is 0.237. The molecule has 0 saturated heterocycles. The van der Waals surface area contributed by atoms with Crippen LogP contribution in [0.25, 0.3) is 0 Å². The highest BCUT2D eigenvalue weighted by Crippen LogP contribution is 2.09. The molecule has 6 nitrogen and oxygen atoms in total. The van der Waals surface area contributed by atoms with Crippen LogP contribution >= 0.6 is 35.3 Å². The van der Waals surface area contributed by atoms with Gasteiger partial charge in [0.2, 0.25) is 0 Å². The number of aryl methyl sites for hydroxylation is 1. The van der Waals surface area contributed by atoms with Crippen molar-refractivity contribution in [3.8, 4) is 0 Å². The Bertz CT molecular complexity index is 700. The minimum atomic E-state index is -0.170. The maximum absolute atomic E-state index is 12.0. The zero-order chi connectivity index (χ0) is 18.8. The Morgan fingerprint density at radius 1 is 1.33 bits per heavy atom. The number of likely N-dealkylation sites (N-methyl/N-ethyl adjacent to an activating group) is 1. The van der Waals surface area contributed by atoms with Crippen molar-refractivity contribution in [2.75, 3.05) is 33.2 Å². The molecule has 8 heteroatoms. The Morgan fingerprint density at radius 3 is 2.78 bits per heavy atom. The maximum atomic E-state index is 12.0. The third kappa shape index (κ3) is 7.92. The highest BCUT2D eigenvalue weighted by atomic mass is 127. The monoisotopic (exact) mass is 504 g/mol. The van der Waals surface area contributed by atoms with Gasteiger partial charge in [-0.1, -0.05) is 6.07 Å². The number of halogens is 1. The van der Waals surface area contributed by atoms with E-state index in [1.165, 1.54) is 11.1 Å². The maximum Gasteiger partial charge on any atom is 0.287 e. The molecule has 1 amide bonds. The van der Waals surface area contributed by atoms with E-state index in [0.29, 0.717) is 18.8 Å². The Hall–Kier alpha value is -1.55. The van der Waals surface area contributed by atoms with Crippen molar-refractivity contribution in [3.63, 3.8) is 0 Å². The molecule has 2 aromatic heterocycles. The van der Waals surface area contributed by atoms with Crippen molar-refractivity contribution in [1.82, 2.24) is 15.5 Å². The minimum absolute atomic E-state index is 0. The molecular weight excluding hydrogens is 475 g/mol. The second kappa shape index (κ2) is 12.8. The molecule has 0 aliphatic rings. The van der Waals surface area contributed by atoms with Crippen molar-refractivity contribution in [1.29, 1.82) is 0 Å². The van der Waals surface area contributed by atoms with Crippen LogP contribution in [0.4, 0.5) is 0 Å². The number of hydrogen-bond acceptors (Lipinski definition) is 4. The predicted octanol–water partition coefficient (Wildman–Crippen LogP) is 3.53. The lowest BCUT2D eigenvalue weighted by atomic mass is 10.2. The van der Waals surface area contributed by atoms with Crippen LogP contribution in [-0.4, -0.2) is 50.0 Å². The van der Waals surface area contributed by atoms with Crippen LogP contribution in [0.1, 0.15) is 34.3 Å². The summed E-state index contributed by atoms with van der Waals surface area (Å²) in [7, 11) is 2.05. The number of nitrogens with one attached hydrogen (secondary N) is 2. The van der Waals surface area contributed by atoms with Gasteiger partial charge in [0.25, 0.3) is 5.91 Å². The summed E-state index contributed by atoms with van der Waals surface area (Å²) in [5, 5.41) is 8.29. The zero-order valence-corrected chi connectivity index (χ0v) is 19.3. The fourth-order valence-corrected chi connectivity index (χ4v) is 3.16. The first kappa shape index (κ1) is 23.5. The number of hydrogen-bond donors (Lipinski definition) is 2. The van der Waals surface area contributed by atoms with E-state index >= 15 is 0 Å². The lowest BCUT2D eigenvalue weighted by Gasteiger charge is -2.21. The van der Waals surface area contributed by atoms with E-state index < -0.39 is 0 Å². The second-order valence-electron chi connectivity index (χ2n) is 6.03. The van der Waals surface area contributed by atoms with E-state index in [2.05, 4.69) is 52.0 Å². The third-order valence-electron chi connectivity index (χ3n) is 3.92. The Kier molecular flexibility index (Phi) is 11.1. The van der Waals surface area contributed by atoms with Gasteiger partial charge < -0.3 is 20.0 Å². The van der Waals surface area contributed by atoms with Gasteiger partial charge in [-0.2, -0.15) is 0 Å². The molecule has 2 heterocycles. The average molecular weight is 504 g/mol. The summed E-state index contributed by atoms with van der Waals surface area (Å²) in [6.45, 7) is 6.90. The Balaban J connectivity index is 0.00000364. The fraction of sp³-hybridized carbons (Fsp3) is 0.474. The van der Waals surface area contributed by atoms with Crippen molar-refractivity contribution in [2.45, 2.75) is 26.7 Å². The lowest BCUT2D eigenvalue weighted by Crippen LogP contribution is -2.40. The molecule has 0 bridgehead atoms. The van der Waals surface area contributed by atoms with Gasteiger partial charge in [-0.25, -0.2) is 0 Å². The van der Waals surface area contributed by atoms with Crippen LogP contribution in [0, 0.1) is 6.92 Å². The number of thiophene rings is 1. The highest BCUT2D eigenvalue weighted by molar-refractivity contribution is 14.0. The van der Waals surface area contributed by atoms with Gasteiger partial charge in [-0.15, -0.1) is 35.3 Å². The van der Waals surface area contributed by atoms with Gasteiger partial charge >= 0.3 is 0 Å². The number of amides is 1. The molecule has 2 rings (SSSR count). The van der Waals surface area contributed by atoms with Crippen LogP contribution in [0.5, 0.6) is 0 Å². The van der Waals surface area contributed by atoms with Crippen molar-refractivity contribution in [2.24, 2.45) is 4.99 Å². The summed E-state index contributed by atoms with van der Waals surface area (Å²) in [6, 6.07) is 6.03. The molecule has 2 N–H and O–H groups in total. The molecule has 0 atom stereocenters. The average Bonchev–Trinajstić information content (AvgIpc) is 3.29. The third-order valence-corrected chi connectivity index (χ3v) is 4.86. The first-order chi connectivity index (χ1) is 12.6. The van der Waals surface area contributed by atoms with Gasteiger partial charge in [0.15, 0.2) is 11.7 Å². The van der Waals surface area contributed by atoms with Gasteiger partial charge in [-0.05, 0) is 44.2 Å². The van der Waals surface area contributed by atoms with E-state index in [1.807, 2.05) is 6.92 Å². The van der Waals surface area contributed by atoms with E-state index in [4.69, 9.17) is 4.42 Å². The summed E-state index contributed by atoms with van der Waals surface area (Å²) in [5.74, 6) is 1.11. The number of carbonyl (C=O) groups is 1. The number of rotatable bonds is 9. The van der Waals surface area contributed by atoms with Crippen molar-refractivity contribution >= 4 is 47.2 Å². The van der Waals surface area contributed by atoms with Gasteiger partial charge in [-0.3, -0.25) is 9.79 Å². The van der Waals surface area contributed by atoms with Gasteiger partial charge in [0.05, 0.1) is 6.26 Å². The molecule has 0 aliphatic carbocycles. The van der Waals surface area contributed by atoms with E-state index in [0.717, 1.165) is 37.5 Å². The van der Waals surface area contributed by atoms with E-state index in [1.54, 1.807) is 17.4 Å². The SMILES string of the molecule is CCNC(=NCCCNC(=O)c1occc1C)N(C)CCc1cccs1.I. The molecule has 27 heavy (non-hydrogen) atoms. The van der Waals surface area contributed by atoms with Gasteiger partial charge in [0.1, 0.15) is 0 Å². The zero-order valence-electron chi connectivity index (χ0n) is 16.2.